The molecule has 1 aromatic carbocycles. The Bertz CT molecular complexity index is 417. The Kier molecular flexibility index (Phi) is 4.17. The van der Waals surface area contributed by atoms with Crippen LogP contribution in [0.5, 0.6) is 0 Å². The zero-order chi connectivity index (χ0) is 14.0. The summed E-state index contributed by atoms with van der Waals surface area (Å²) in [6, 6.07) is 8.09. The van der Waals surface area contributed by atoms with Crippen molar-refractivity contribution in [1.29, 1.82) is 0 Å². The fraction of sp³-hybridized carbons (Fsp3) is 0.533. The summed E-state index contributed by atoms with van der Waals surface area (Å²) in [6.07, 6.45) is 0. The van der Waals surface area contributed by atoms with E-state index in [2.05, 4.69) is 38.2 Å². The zero-order valence-corrected chi connectivity index (χ0v) is 12.0. The minimum Gasteiger partial charge on any atom is -0.368 e. The summed E-state index contributed by atoms with van der Waals surface area (Å²) in [5, 5.41) is 3.16. The molecular weight excluding hydrogens is 224 g/mol. The Labute approximate surface area is 110 Å². The van der Waals surface area contributed by atoms with Crippen LogP contribution >= 0.6 is 0 Å². The van der Waals surface area contributed by atoms with E-state index in [1.165, 1.54) is 5.56 Å². The van der Waals surface area contributed by atoms with Crippen LogP contribution < -0.4 is 11.1 Å². The second-order valence-electron chi connectivity index (χ2n) is 5.85. The van der Waals surface area contributed by atoms with Crippen molar-refractivity contribution in [2.45, 2.75) is 45.6 Å². The molecule has 0 heterocycles. The van der Waals surface area contributed by atoms with E-state index in [1.54, 1.807) is 0 Å². The molecule has 0 aliphatic carbocycles. The van der Waals surface area contributed by atoms with Gasteiger partial charge in [0.1, 0.15) is 5.54 Å². The van der Waals surface area contributed by atoms with E-state index in [4.69, 9.17) is 5.73 Å². The maximum atomic E-state index is 11.7. The van der Waals surface area contributed by atoms with Crippen molar-refractivity contribution in [2.75, 3.05) is 6.54 Å². The molecule has 100 valence electrons. The van der Waals surface area contributed by atoms with E-state index in [-0.39, 0.29) is 11.3 Å². The van der Waals surface area contributed by atoms with Crippen LogP contribution in [-0.4, -0.2) is 12.5 Å². The molecule has 3 nitrogen and oxygen atoms in total. The highest BCUT2D eigenvalue weighted by atomic mass is 16.1. The van der Waals surface area contributed by atoms with Crippen molar-refractivity contribution in [3.63, 3.8) is 0 Å². The fourth-order valence-corrected chi connectivity index (χ4v) is 1.99. The molecule has 1 aromatic rings. The van der Waals surface area contributed by atoms with Crippen molar-refractivity contribution in [1.82, 2.24) is 5.32 Å². The highest BCUT2D eigenvalue weighted by Gasteiger charge is 2.32. The summed E-state index contributed by atoms with van der Waals surface area (Å²) in [7, 11) is 0. The number of primary amides is 1. The van der Waals surface area contributed by atoms with E-state index in [1.807, 2.05) is 26.0 Å². The second-order valence-corrected chi connectivity index (χ2v) is 5.85. The third kappa shape index (κ3) is 2.91. The number of rotatable bonds is 4. The molecule has 18 heavy (non-hydrogen) atoms. The Balaban J connectivity index is 3.13. The molecule has 0 aliphatic heterocycles. The van der Waals surface area contributed by atoms with Gasteiger partial charge in [-0.05, 0) is 30.0 Å². The van der Waals surface area contributed by atoms with E-state index in [9.17, 15) is 4.79 Å². The normalized spacial score (nSPS) is 15.2. The number of likely N-dealkylation sites (N-methyl/N-ethyl adjacent to an activating group) is 1. The quantitative estimate of drug-likeness (QED) is 0.859. The molecule has 1 rings (SSSR count). The summed E-state index contributed by atoms with van der Waals surface area (Å²) in [6.45, 7) is 11.0. The first-order valence-electron chi connectivity index (χ1n) is 6.37. The molecule has 0 radical (unpaired) electrons. The fourth-order valence-electron chi connectivity index (χ4n) is 1.99. The monoisotopic (exact) mass is 248 g/mol. The van der Waals surface area contributed by atoms with Gasteiger partial charge in [0.25, 0.3) is 0 Å². The molecule has 3 heteroatoms. The first-order valence-corrected chi connectivity index (χ1v) is 6.37. The van der Waals surface area contributed by atoms with Crippen LogP contribution in [0, 0.1) is 0 Å². The number of carbonyl (C=O) groups excluding carboxylic acids is 1. The molecule has 1 unspecified atom stereocenters. The highest BCUT2D eigenvalue weighted by Crippen LogP contribution is 2.26. The van der Waals surface area contributed by atoms with Crippen LogP contribution in [-0.2, 0) is 15.7 Å². The molecule has 3 N–H and O–H groups in total. The molecule has 0 aliphatic rings. The summed E-state index contributed by atoms with van der Waals surface area (Å²) in [5.74, 6) is -0.354. The number of nitrogens with one attached hydrogen (secondary N) is 1. The first-order chi connectivity index (χ1) is 8.21. The molecule has 1 amide bonds. The van der Waals surface area contributed by atoms with Gasteiger partial charge in [-0.25, -0.2) is 0 Å². The Hall–Kier alpha value is -1.35. The molecule has 0 fully saturated rings. The largest absolute Gasteiger partial charge is 0.368 e. The van der Waals surface area contributed by atoms with Crippen molar-refractivity contribution < 1.29 is 4.79 Å². The molecule has 0 spiro atoms. The van der Waals surface area contributed by atoms with Crippen LogP contribution in [0.2, 0.25) is 0 Å². The van der Waals surface area contributed by atoms with Crippen molar-refractivity contribution >= 4 is 5.91 Å². The number of amides is 1. The highest BCUT2D eigenvalue weighted by molar-refractivity contribution is 5.85. The van der Waals surface area contributed by atoms with Gasteiger partial charge in [-0.3, -0.25) is 4.79 Å². The Morgan fingerprint density at radius 3 is 1.89 bits per heavy atom. The van der Waals surface area contributed by atoms with Crippen LogP contribution in [0.1, 0.15) is 45.7 Å². The minimum atomic E-state index is -0.800. The minimum absolute atomic E-state index is 0.111. The van der Waals surface area contributed by atoms with Gasteiger partial charge in [-0.2, -0.15) is 0 Å². The summed E-state index contributed by atoms with van der Waals surface area (Å²) < 4.78 is 0. The third-order valence-corrected chi connectivity index (χ3v) is 3.35. The molecule has 1 atom stereocenters. The molecule has 0 saturated carbocycles. The SMILES string of the molecule is CCNC(C)(C(N)=O)c1ccc(C(C)(C)C)cc1. The van der Waals surface area contributed by atoms with Gasteiger partial charge in [0.05, 0.1) is 0 Å². The number of benzene rings is 1. The van der Waals surface area contributed by atoms with E-state index in [0.29, 0.717) is 6.54 Å². The van der Waals surface area contributed by atoms with Crippen LogP contribution in [0.3, 0.4) is 0 Å². The van der Waals surface area contributed by atoms with Crippen molar-refractivity contribution in [3.05, 3.63) is 35.4 Å². The number of nitrogens with two attached hydrogens (primary N) is 1. The molecule has 0 saturated heterocycles. The molecular formula is C15H24N2O. The van der Waals surface area contributed by atoms with Crippen LogP contribution in [0.25, 0.3) is 0 Å². The predicted octanol–water partition coefficient (Wildman–Crippen LogP) is 2.29. The topological polar surface area (TPSA) is 55.1 Å². The Morgan fingerprint density at radius 2 is 1.56 bits per heavy atom. The second kappa shape index (κ2) is 5.11. The van der Waals surface area contributed by atoms with Gasteiger partial charge in [-0.15, -0.1) is 0 Å². The first kappa shape index (κ1) is 14.7. The summed E-state index contributed by atoms with van der Waals surface area (Å²) in [4.78, 5) is 11.7. The van der Waals surface area contributed by atoms with Crippen LogP contribution in [0.4, 0.5) is 0 Å². The number of carbonyl (C=O) groups is 1. The van der Waals surface area contributed by atoms with Crippen molar-refractivity contribution in [3.8, 4) is 0 Å². The molecule has 0 aromatic heterocycles. The van der Waals surface area contributed by atoms with Gasteiger partial charge in [0, 0.05) is 0 Å². The maximum Gasteiger partial charge on any atom is 0.242 e. The van der Waals surface area contributed by atoms with Crippen molar-refractivity contribution in [2.24, 2.45) is 5.73 Å². The van der Waals surface area contributed by atoms with Gasteiger partial charge in [-0.1, -0.05) is 52.0 Å². The van der Waals surface area contributed by atoms with Crippen LogP contribution in [0.15, 0.2) is 24.3 Å². The van der Waals surface area contributed by atoms with Gasteiger partial charge < -0.3 is 11.1 Å². The lowest BCUT2D eigenvalue weighted by molar-refractivity contribution is -0.124. The smallest absolute Gasteiger partial charge is 0.242 e. The lowest BCUT2D eigenvalue weighted by atomic mass is 9.84. The molecule has 0 bridgehead atoms. The van der Waals surface area contributed by atoms with E-state index >= 15 is 0 Å². The summed E-state index contributed by atoms with van der Waals surface area (Å²) >= 11 is 0. The third-order valence-electron chi connectivity index (χ3n) is 3.35. The Morgan fingerprint density at radius 1 is 1.11 bits per heavy atom. The van der Waals surface area contributed by atoms with E-state index in [0.717, 1.165) is 5.56 Å². The lowest BCUT2D eigenvalue weighted by Gasteiger charge is -2.28. The zero-order valence-electron chi connectivity index (χ0n) is 12.0. The number of hydrogen-bond acceptors (Lipinski definition) is 2. The standard InChI is InChI=1S/C15H24N2O/c1-6-17-15(5,13(16)18)12-9-7-11(8-10-12)14(2,3)4/h7-10,17H,6H2,1-5H3,(H2,16,18). The average molecular weight is 248 g/mol. The number of hydrogen-bond donors (Lipinski definition) is 2. The van der Waals surface area contributed by atoms with Gasteiger partial charge >= 0.3 is 0 Å². The van der Waals surface area contributed by atoms with E-state index < -0.39 is 5.54 Å². The van der Waals surface area contributed by atoms with Gasteiger partial charge in [0.15, 0.2) is 0 Å². The predicted molar refractivity (Wildman–Crippen MR) is 75.4 cm³/mol. The van der Waals surface area contributed by atoms with Gasteiger partial charge in [0.2, 0.25) is 5.91 Å². The lowest BCUT2D eigenvalue weighted by Crippen LogP contribution is -2.50. The average Bonchev–Trinajstić information content (AvgIpc) is 2.28. The maximum absolute atomic E-state index is 11.7. The summed E-state index contributed by atoms with van der Waals surface area (Å²) in [5.41, 5.74) is 6.97.